The van der Waals surface area contributed by atoms with Crippen molar-refractivity contribution in [2.24, 2.45) is 0 Å². The van der Waals surface area contributed by atoms with E-state index >= 15 is 0 Å². The highest BCUT2D eigenvalue weighted by Gasteiger charge is 2.15. The van der Waals surface area contributed by atoms with E-state index in [1.54, 1.807) is 0 Å². The highest BCUT2D eigenvalue weighted by molar-refractivity contribution is 9.10. The summed E-state index contributed by atoms with van der Waals surface area (Å²) in [7, 11) is 0. The van der Waals surface area contributed by atoms with Crippen LogP contribution >= 0.6 is 15.9 Å². The lowest BCUT2D eigenvalue weighted by Gasteiger charge is -2.29. The van der Waals surface area contributed by atoms with E-state index in [0.29, 0.717) is 12.6 Å². The van der Waals surface area contributed by atoms with Gasteiger partial charge in [-0.1, -0.05) is 28.1 Å². The molecular formula is C15H23BrN2O2. The third-order valence-corrected chi connectivity index (χ3v) is 4.02. The molecule has 2 atom stereocenters. The Bertz CT molecular complexity index is 411. The average molecular weight is 343 g/mol. The average Bonchev–Trinajstić information content (AvgIpc) is 2.46. The summed E-state index contributed by atoms with van der Waals surface area (Å²) in [6, 6.07) is 8.17. The normalized spacial score (nSPS) is 19.8. The molecule has 1 saturated heterocycles. The van der Waals surface area contributed by atoms with Crippen LogP contribution in [0.1, 0.15) is 18.6 Å². The number of morpholine rings is 1. The van der Waals surface area contributed by atoms with Crippen LogP contribution in [-0.4, -0.2) is 55.4 Å². The van der Waals surface area contributed by atoms with E-state index in [9.17, 15) is 5.11 Å². The second kappa shape index (κ2) is 8.10. The number of benzene rings is 1. The number of hydrogen-bond donors (Lipinski definition) is 2. The molecule has 0 bridgehead atoms. The molecule has 1 heterocycles. The lowest BCUT2D eigenvalue weighted by atomic mass is 10.1. The lowest BCUT2D eigenvalue weighted by Crippen LogP contribution is -2.45. The summed E-state index contributed by atoms with van der Waals surface area (Å²) in [6.45, 7) is 7.38. The first kappa shape index (κ1) is 15.9. The molecule has 5 heteroatoms. The number of rotatable bonds is 6. The zero-order valence-electron chi connectivity index (χ0n) is 11.9. The minimum atomic E-state index is -0.473. The molecule has 0 amide bonds. The maximum atomic E-state index is 10.2. The van der Waals surface area contributed by atoms with Crippen molar-refractivity contribution in [3.63, 3.8) is 0 Å². The number of hydrogen-bond acceptors (Lipinski definition) is 4. The predicted octanol–water partition coefficient (Wildman–Crippen LogP) is 1.79. The van der Waals surface area contributed by atoms with Crippen LogP contribution in [-0.2, 0) is 4.74 Å². The summed E-state index contributed by atoms with van der Waals surface area (Å²) < 4.78 is 6.34. The molecule has 1 aliphatic heterocycles. The third-order valence-electron chi connectivity index (χ3n) is 3.53. The van der Waals surface area contributed by atoms with Gasteiger partial charge in [0, 0.05) is 36.7 Å². The number of nitrogens with one attached hydrogen (secondary N) is 1. The van der Waals surface area contributed by atoms with Crippen molar-refractivity contribution in [1.29, 1.82) is 0 Å². The van der Waals surface area contributed by atoms with E-state index in [1.165, 1.54) is 0 Å². The van der Waals surface area contributed by atoms with Gasteiger partial charge in [0.1, 0.15) is 0 Å². The zero-order valence-corrected chi connectivity index (χ0v) is 13.5. The molecule has 0 aromatic heterocycles. The van der Waals surface area contributed by atoms with Crippen molar-refractivity contribution < 1.29 is 9.84 Å². The Balaban J connectivity index is 1.73. The van der Waals surface area contributed by atoms with Crippen LogP contribution in [0.4, 0.5) is 0 Å². The number of ether oxygens (including phenoxy) is 1. The molecule has 20 heavy (non-hydrogen) atoms. The molecule has 1 aliphatic rings. The zero-order chi connectivity index (χ0) is 14.4. The molecule has 2 rings (SSSR count). The van der Waals surface area contributed by atoms with Crippen molar-refractivity contribution in [3.05, 3.63) is 34.3 Å². The van der Waals surface area contributed by atoms with Gasteiger partial charge >= 0.3 is 0 Å². The van der Waals surface area contributed by atoms with E-state index in [-0.39, 0.29) is 0 Å². The lowest BCUT2D eigenvalue weighted by molar-refractivity contribution is 0.0336. The Morgan fingerprint density at radius 3 is 2.85 bits per heavy atom. The number of aliphatic hydroxyl groups excluding tert-OH is 1. The second-order valence-corrected chi connectivity index (χ2v) is 6.21. The maximum Gasteiger partial charge on any atom is 0.0914 e. The fraction of sp³-hybridized carbons (Fsp3) is 0.600. The molecule has 0 aliphatic carbocycles. The fourth-order valence-electron chi connectivity index (χ4n) is 2.38. The molecule has 1 aromatic carbocycles. The minimum Gasteiger partial charge on any atom is -0.387 e. The number of nitrogens with zero attached hydrogens (tertiary/aromatic N) is 1. The first-order valence-corrected chi connectivity index (χ1v) is 7.91. The molecule has 112 valence electrons. The van der Waals surface area contributed by atoms with Crippen LogP contribution in [0.3, 0.4) is 0 Å². The van der Waals surface area contributed by atoms with E-state index < -0.39 is 6.10 Å². The van der Waals surface area contributed by atoms with Crippen LogP contribution in [0, 0.1) is 0 Å². The predicted molar refractivity (Wildman–Crippen MR) is 83.8 cm³/mol. The van der Waals surface area contributed by atoms with Crippen LogP contribution < -0.4 is 5.32 Å². The van der Waals surface area contributed by atoms with Gasteiger partial charge in [0.15, 0.2) is 0 Å². The van der Waals surface area contributed by atoms with Crippen molar-refractivity contribution in [2.45, 2.75) is 19.1 Å². The molecule has 2 N–H and O–H groups in total. The molecule has 0 radical (unpaired) electrons. The first-order chi connectivity index (χ1) is 9.65. The fourth-order valence-corrected chi connectivity index (χ4v) is 2.80. The number of halogens is 1. The Labute approximate surface area is 129 Å². The maximum absolute atomic E-state index is 10.2. The van der Waals surface area contributed by atoms with Gasteiger partial charge in [-0.05, 0) is 24.6 Å². The molecule has 4 nitrogen and oxygen atoms in total. The SMILES string of the molecule is CC(CN1CCOCC1)NCC(O)c1cccc(Br)c1. The Hall–Kier alpha value is -0.460. The van der Waals surface area contributed by atoms with E-state index in [1.807, 2.05) is 24.3 Å². The monoisotopic (exact) mass is 342 g/mol. The van der Waals surface area contributed by atoms with E-state index in [4.69, 9.17) is 4.74 Å². The summed E-state index contributed by atoms with van der Waals surface area (Å²) in [5.41, 5.74) is 0.936. The quantitative estimate of drug-likeness (QED) is 0.827. The molecule has 0 saturated carbocycles. The molecule has 2 unspecified atom stereocenters. The van der Waals surface area contributed by atoms with Gasteiger partial charge < -0.3 is 15.2 Å². The largest absolute Gasteiger partial charge is 0.387 e. The van der Waals surface area contributed by atoms with Crippen LogP contribution in [0.15, 0.2) is 28.7 Å². The van der Waals surface area contributed by atoms with Gasteiger partial charge in [-0.25, -0.2) is 0 Å². The van der Waals surface area contributed by atoms with Gasteiger partial charge in [-0.2, -0.15) is 0 Å². The standard InChI is InChI=1S/C15H23BrN2O2/c1-12(11-18-5-7-20-8-6-18)17-10-15(19)13-3-2-4-14(16)9-13/h2-4,9,12,15,17,19H,5-8,10-11H2,1H3. The minimum absolute atomic E-state index is 0.356. The molecule has 1 aromatic rings. The summed E-state index contributed by atoms with van der Waals surface area (Å²) in [6.07, 6.45) is -0.473. The third kappa shape index (κ3) is 5.14. The van der Waals surface area contributed by atoms with Crippen LogP contribution in [0.2, 0.25) is 0 Å². The smallest absolute Gasteiger partial charge is 0.0914 e. The summed E-state index contributed by atoms with van der Waals surface area (Å²) in [5.74, 6) is 0. The van der Waals surface area contributed by atoms with E-state index in [2.05, 4.69) is 33.1 Å². The molecular weight excluding hydrogens is 320 g/mol. The Kier molecular flexibility index (Phi) is 6.45. The van der Waals surface area contributed by atoms with Gasteiger partial charge in [0.2, 0.25) is 0 Å². The van der Waals surface area contributed by atoms with Crippen molar-refractivity contribution >= 4 is 15.9 Å². The highest BCUT2D eigenvalue weighted by atomic mass is 79.9. The van der Waals surface area contributed by atoms with Crippen molar-refractivity contribution in [1.82, 2.24) is 10.2 Å². The summed E-state index contributed by atoms with van der Waals surface area (Å²) >= 11 is 3.43. The van der Waals surface area contributed by atoms with Gasteiger partial charge in [-0.15, -0.1) is 0 Å². The van der Waals surface area contributed by atoms with E-state index in [0.717, 1.165) is 42.9 Å². The number of aliphatic hydroxyl groups is 1. The summed E-state index contributed by atoms with van der Waals surface area (Å²) in [4.78, 5) is 2.40. The van der Waals surface area contributed by atoms with Crippen LogP contribution in [0.25, 0.3) is 0 Å². The van der Waals surface area contributed by atoms with Crippen LogP contribution in [0.5, 0.6) is 0 Å². The Morgan fingerprint density at radius 2 is 2.15 bits per heavy atom. The molecule has 0 spiro atoms. The highest BCUT2D eigenvalue weighted by Crippen LogP contribution is 2.17. The van der Waals surface area contributed by atoms with Gasteiger partial charge in [0.25, 0.3) is 0 Å². The Morgan fingerprint density at radius 1 is 1.40 bits per heavy atom. The molecule has 1 fully saturated rings. The van der Waals surface area contributed by atoms with Crippen molar-refractivity contribution in [2.75, 3.05) is 39.4 Å². The van der Waals surface area contributed by atoms with Crippen molar-refractivity contribution in [3.8, 4) is 0 Å². The summed E-state index contributed by atoms with van der Waals surface area (Å²) in [5, 5.41) is 13.6. The second-order valence-electron chi connectivity index (χ2n) is 5.29. The van der Waals surface area contributed by atoms with Gasteiger partial charge in [-0.3, -0.25) is 4.90 Å². The topological polar surface area (TPSA) is 44.7 Å². The van der Waals surface area contributed by atoms with Gasteiger partial charge in [0.05, 0.1) is 19.3 Å². The first-order valence-electron chi connectivity index (χ1n) is 7.12.